The molecule has 0 bridgehead atoms. The van der Waals surface area contributed by atoms with Crippen molar-refractivity contribution in [2.75, 3.05) is 95.7 Å². The summed E-state index contributed by atoms with van der Waals surface area (Å²) in [6.07, 6.45) is 1.25. The van der Waals surface area contributed by atoms with Gasteiger partial charge in [-0.1, -0.05) is 54.6 Å². The number of halogens is 5. The van der Waals surface area contributed by atoms with Crippen molar-refractivity contribution in [3.05, 3.63) is 235 Å². The number of nitrogens with one attached hydrogen (secondary N) is 5. The van der Waals surface area contributed by atoms with Crippen LogP contribution >= 0.6 is 79.6 Å². The normalized spacial score (nSPS) is 12.1. The number of nitro groups is 3. The third-order valence-electron chi connectivity index (χ3n) is 13.4. The van der Waals surface area contributed by atoms with E-state index in [-0.39, 0.29) is 36.9 Å². The number of carbonyl (C=O) groups excluding carboxylic acids is 4. The zero-order chi connectivity index (χ0) is 76.8. The van der Waals surface area contributed by atoms with Crippen molar-refractivity contribution in [2.45, 2.75) is 6.92 Å². The third kappa shape index (κ3) is 25.4. The summed E-state index contributed by atoms with van der Waals surface area (Å²) in [5.41, 5.74) is 2.42. The minimum absolute atomic E-state index is 0.0658. The highest BCUT2D eigenvalue weighted by Gasteiger charge is 2.28. The molecule has 35 nitrogen and oxygen atoms in total. The summed E-state index contributed by atoms with van der Waals surface area (Å²) in [7, 11) is 0. The molecule has 40 heteroatoms. The number of hydrogen-bond acceptors (Lipinski definition) is 27. The summed E-state index contributed by atoms with van der Waals surface area (Å²) in [5, 5.41) is 63.2. The largest absolute Gasteiger partial charge is 0.501 e. The van der Waals surface area contributed by atoms with Crippen LogP contribution in [0.15, 0.2) is 205 Å². The Bertz CT molecular complexity index is 4750. The molecule has 0 spiro atoms. The van der Waals surface area contributed by atoms with Gasteiger partial charge in [0.1, 0.15) is 45.6 Å². The molecule has 554 valence electrons. The van der Waals surface area contributed by atoms with Gasteiger partial charge in [0.15, 0.2) is 59.5 Å². The maximum absolute atomic E-state index is 12.7. The monoisotopic (exact) mass is 1780 g/mol. The van der Waals surface area contributed by atoms with Gasteiger partial charge >= 0.3 is 35.5 Å². The smallest absolute Gasteiger partial charge is 0.407 e. The standard InChI is InChI=1S/C20H18N4O2.C14H12BrN3O2.C9H9BrN2O5.C7H5BrN2O2.C7H7BrN2O.C5H3BrN2O3.C5H4N2O3/c25-20(22-16-9-5-2-6-10-16)24-13-14-26-17-11-12-18(23-19(17)24)21-15-7-3-1-4-8-15;15-12-7-6-11-13(17-12)18(8-9-20-11)14(19)16-10-4-2-1-3-5-10;1-2-16-8(13)5-17-6-3-4-7(10)11-9(6)12(14)15;8-5-2-1-4-7(9-5)10-6(11)3-12-4;8-6-2-1-5-7(10-6)9-3-4-11-5;6-4-2-1-3(9)5(7-4)8(10)11;8-4-2-1-3-6-5(4)7(9)10/h1-12H,13-14H2,(H,21,23)(H,22,25);1-7H,8-9H2,(H,16,19);3-4H,2,5H2,1H3;1-2H,3H2,(H,9,10,11);1-2H,3-4H2,(H,9,10);1-2,9H;1-3,8H. The lowest BCUT2D eigenvalue weighted by Gasteiger charge is -2.28. The van der Waals surface area contributed by atoms with Crippen LogP contribution in [0.3, 0.4) is 0 Å². The molecule has 4 aliphatic rings. The number of hydrogen-bond donors (Lipinski definition) is 7. The maximum Gasteiger partial charge on any atom is 0.407 e. The number of aromatic hydroxyl groups is 2. The Labute approximate surface area is 648 Å². The summed E-state index contributed by atoms with van der Waals surface area (Å²) >= 11 is 15.7. The Kier molecular flexibility index (Phi) is 30.8. The molecule has 14 rings (SSSR count). The molecule has 0 radical (unpaired) electrons. The third-order valence-corrected chi connectivity index (χ3v) is 15.6. The molecule has 10 aromatic rings. The van der Waals surface area contributed by atoms with Crippen LogP contribution < -0.4 is 60.1 Å². The molecule has 7 aromatic heterocycles. The molecule has 0 fully saturated rings. The zero-order valence-corrected chi connectivity index (χ0v) is 63.3. The first-order valence-electron chi connectivity index (χ1n) is 31.0. The maximum atomic E-state index is 12.7. The molecule has 7 N–H and O–H groups in total. The van der Waals surface area contributed by atoms with Crippen LogP contribution in [0.5, 0.6) is 40.2 Å². The highest BCUT2D eigenvalue weighted by Crippen LogP contribution is 2.35. The first-order chi connectivity index (χ1) is 51.5. The molecule has 4 aliphatic heterocycles. The molecule has 11 heterocycles. The van der Waals surface area contributed by atoms with E-state index in [1.807, 2.05) is 115 Å². The van der Waals surface area contributed by atoms with Crippen molar-refractivity contribution < 1.29 is 72.6 Å². The van der Waals surface area contributed by atoms with Gasteiger partial charge in [-0.05, 0) is 194 Å². The van der Waals surface area contributed by atoms with E-state index in [4.69, 9.17) is 33.9 Å². The fourth-order valence-corrected chi connectivity index (χ4v) is 10.3. The number of urea groups is 2. The average Bonchev–Trinajstić information content (AvgIpc) is 0.804. The zero-order valence-electron chi connectivity index (χ0n) is 55.4. The number of nitrogens with zero attached hydrogens (tertiary/aromatic N) is 12. The number of esters is 1. The van der Waals surface area contributed by atoms with E-state index >= 15 is 0 Å². The lowest BCUT2D eigenvalue weighted by molar-refractivity contribution is -0.390. The van der Waals surface area contributed by atoms with Crippen LogP contribution in [0.2, 0.25) is 0 Å². The average molecular weight is 1790 g/mol. The Morgan fingerprint density at radius 3 is 1.53 bits per heavy atom. The van der Waals surface area contributed by atoms with Crippen LogP contribution in [-0.4, -0.2) is 143 Å². The van der Waals surface area contributed by atoms with Gasteiger partial charge in [-0.3, -0.25) is 14.6 Å². The van der Waals surface area contributed by atoms with E-state index < -0.39 is 56.3 Å². The van der Waals surface area contributed by atoms with Gasteiger partial charge in [0.25, 0.3) is 5.91 Å². The van der Waals surface area contributed by atoms with Crippen molar-refractivity contribution in [2.24, 2.45) is 0 Å². The number of aromatic nitrogens is 7. The predicted molar refractivity (Wildman–Crippen MR) is 408 cm³/mol. The molecular weight excluding hydrogens is 1730 g/mol. The first kappa shape index (κ1) is 80.7. The molecule has 0 saturated heterocycles. The molecule has 0 atom stereocenters. The fourth-order valence-electron chi connectivity index (χ4n) is 8.74. The van der Waals surface area contributed by atoms with E-state index in [0.717, 1.165) is 46.4 Å². The van der Waals surface area contributed by atoms with Crippen molar-refractivity contribution in [3.63, 3.8) is 0 Å². The number of carbonyl (C=O) groups is 4. The van der Waals surface area contributed by atoms with E-state index in [9.17, 15) is 49.5 Å². The SMILES string of the molecule is Brc1ccc2c(n1)NCCO2.CCOC(=O)COc1ccc(Br)nc1[N+](=O)[O-].O=C(Nc1ccccc1)N1CCOc2ccc(Br)nc21.O=C(Nc1ccccc1)N1CCOc2ccc(Nc3ccccc3)nc21.O=C1COc2ccc(Br)nc2N1.O=[N+]([O-])c1nc(Br)ccc1O.O=[N+]([O-])c1ncccc1O. The summed E-state index contributed by atoms with van der Waals surface area (Å²) in [6, 6.07) is 50.6. The second kappa shape index (κ2) is 40.9. The minimum atomic E-state index is -0.750. The molecule has 0 aliphatic carbocycles. The number of anilines is 8. The number of pyridine rings is 7. The number of rotatable bonds is 11. The van der Waals surface area contributed by atoms with Crippen LogP contribution in [0.1, 0.15) is 6.92 Å². The van der Waals surface area contributed by atoms with Crippen LogP contribution in [0.4, 0.5) is 73.2 Å². The highest BCUT2D eigenvalue weighted by atomic mass is 79.9. The van der Waals surface area contributed by atoms with Gasteiger partial charge < -0.3 is 95.6 Å². The summed E-state index contributed by atoms with van der Waals surface area (Å²) < 4.78 is 34.0. The summed E-state index contributed by atoms with van der Waals surface area (Å²) in [5.74, 6) is 2.44. The lowest BCUT2D eigenvalue weighted by atomic mass is 10.3. The molecule has 107 heavy (non-hydrogen) atoms. The topological polar surface area (TPSA) is 450 Å². The van der Waals surface area contributed by atoms with Crippen molar-refractivity contribution in [3.8, 4) is 40.2 Å². The van der Waals surface area contributed by atoms with E-state index in [1.54, 1.807) is 41.0 Å². The van der Waals surface area contributed by atoms with Gasteiger partial charge in [0, 0.05) is 61.1 Å². The minimum Gasteiger partial charge on any atom is -0.501 e. The first-order valence-corrected chi connectivity index (χ1v) is 35.0. The van der Waals surface area contributed by atoms with Crippen molar-refractivity contribution >= 4 is 167 Å². The number of para-hydroxylation sites is 3. The van der Waals surface area contributed by atoms with Crippen LogP contribution in [-0.2, 0) is 14.3 Å². The quantitative estimate of drug-likeness (QED) is 0.0274. The highest BCUT2D eigenvalue weighted by molar-refractivity contribution is 9.11. The second-order valence-electron chi connectivity index (χ2n) is 20.8. The summed E-state index contributed by atoms with van der Waals surface area (Å²) in [6.45, 7) is 4.90. The van der Waals surface area contributed by atoms with Gasteiger partial charge in [-0.15, -0.1) is 0 Å². The molecule has 5 amide bonds. The van der Waals surface area contributed by atoms with Crippen molar-refractivity contribution in [1.82, 2.24) is 34.9 Å². The molecular formula is C67H58Br5N17O18. The van der Waals surface area contributed by atoms with E-state index in [2.05, 4.69) is 146 Å². The van der Waals surface area contributed by atoms with Crippen molar-refractivity contribution in [1.29, 1.82) is 0 Å². The van der Waals surface area contributed by atoms with Crippen LogP contribution in [0.25, 0.3) is 0 Å². The molecule has 0 saturated carbocycles. The van der Waals surface area contributed by atoms with E-state index in [0.29, 0.717) is 85.2 Å². The van der Waals surface area contributed by atoms with Gasteiger partial charge in [0.2, 0.25) is 26.5 Å². The Hall–Kier alpha value is -12.0. The Morgan fingerprint density at radius 1 is 0.523 bits per heavy atom. The second-order valence-corrected chi connectivity index (χ2v) is 24.8. The predicted octanol–water partition coefficient (Wildman–Crippen LogP) is 14.2. The fraction of sp³-hybridized carbons (Fsp3) is 0.149. The number of benzene rings is 3. The van der Waals surface area contributed by atoms with Crippen LogP contribution in [0, 0.1) is 30.3 Å². The lowest BCUT2D eigenvalue weighted by Crippen LogP contribution is -2.41. The molecule has 0 unspecified atom stereocenters. The Balaban J connectivity index is 0.000000162. The molecule has 3 aromatic carbocycles. The van der Waals surface area contributed by atoms with E-state index in [1.165, 1.54) is 42.6 Å². The number of fused-ring (bicyclic) bond motifs is 4. The Morgan fingerprint density at radius 2 is 0.991 bits per heavy atom. The summed E-state index contributed by atoms with van der Waals surface area (Å²) in [4.78, 5) is 106. The number of ether oxygens (including phenoxy) is 6. The van der Waals surface area contributed by atoms with Gasteiger partial charge in [-0.25, -0.2) is 34.3 Å². The number of amides is 5. The van der Waals surface area contributed by atoms with Gasteiger partial charge in [0.05, 0.1) is 26.2 Å². The van der Waals surface area contributed by atoms with Gasteiger partial charge in [-0.2, -0.15) is 0 Å².